The van der Waals surface area contributed by atoms with Crippen molar-refractivity contribution in [1.29, 1.82) is 0 Å². The number of para-hydroxylation sites is 4. The zero-order chi connectivity index (χ0) is 26.0. The van der Waals surface area contributed by atoms with Gasteiger partial charge in [-0.3, -0.25) is 0 Å². The van der Waals surface area contributed by atoms with Crippen molar-refractivity contribution in [3.05, 3.63) is 133 Å². The Morgan fingerprint density at radius 1 is 0.462 bits per heavy atom. The van der Waals surface area contributed by atoms with Crippen LogP contribution < -0.4 is 9.47 Å². The monoisotopic (exact) mass is 506 g/mol. The summed E-state index contributed by atoms with van der Waals surface area (Å²) in [5.41, 5.74) is 4.17. The molecular formula is C33H22N4O2. The highest BCUT2D eigenvalue weighted by atomic mass is 16.5. The largest absolute Gasteiger partial charge is 0.424 e. The molecule has 0 saturated carbocycles. The van der Waals surface area contributed by atoms with E-state index in [4.69, 9.17) is 9.47 Å². The quantitative estimate of drug-likeness (QED) is 0.227. The molecule has 0 bridgehead atoms. The molecule has 39 heavy (non-hydrogen) atoms. The Labute approximate surface area is 224 Å². The maximum absolute atomic E-state index is 5.99. The van der Waals surface area contributed by atoms with Gasteiger partial charge in [0, 0.05) is 22.0 Å². The van der Waals surface area contributed by atoms with Gasteiger partial charge in [-0.2, -0.15) is 9.97 Å². The Kier molecular flexibility index (Phi) is 5.68. The molecule has 0 spiro atoms. The summed E-state index contributed by atoms with van der Waals surface area (Å²) < 4.78 is 14.3. The molecule has 2 aromatic heterocycles. The lowest BCUT2D eigenvalue weighted by atomic mass is 10.1. The van der Waals surface area contributed by atoms with Crippen molar-refractivity contribution in [3.8, 4) is 40.6 Å². The predicted octanol–water partition coefficient (Wildman–Crippen LogP) is 8.22. The molecule has 6 heteroatoms. The van der Waals surface area contributed by atoms with Crippen molar-refractivity contribution in [2.24, 2.45) is 0 Å². The van der Waals surface area contributed by atoms with E-state index < -0.39 is 0 Å². The summed E-state index contributed by atoms with van der Waals surface area (Å²) in [6, 6.07) is 44.2. The molecule has 7 aromatic rings. The molecule has 0 unspecified atom stereocenters. The number of hydrogen-bond donors (Lipinski definition) is 0. The fourth-order valence-corrected chi connectivity index (χ4v) is 4.71. The van der Waals surface area contributed by atoms with Gasteiger partial charge < -0.3 is 14.0 Å². The molecule has 5 aromatic carbocycles. The fourth-order valence-electron chi connectivity index (χ4n) is 4.71. The molecule has 0 amide bonds. The zero-order valence-electron chi connectivity index (χ0n) is 20.8. The molecule has 0 N–H and O–H groups in total. The van der Waals surface area contributed by atoms with Crippen LogP contribution >= 0.6 is 0 Å². The fraction of sp³-hybridized carbons (Fsp3) is 0. The summed E-state index contributed by atoms with van der Waals surface area (Å²) in [6.45, 7) is 0. The van der Waals surface area contributed by atoms with E-state index in [0.717, 1.165) is 33.1 Å². The van der Waals surface area contributed by atoms with Crippen LogP contribution in [0.2, 0.25) is 0 Å². The second kappa shape index (κ2) is 9.76. The minimum atomic E-state index is 0.156. The number of rotatable bonds is 6. The van der Waals surface area contributed by atoms with Gasteiger partial charge >= 0.3 is 12.0 Å². The molecule has 0 aliphatic carbocycles. The van der Waals surface area contributed by atoms with Gasteiger partial charge in [0.15, 0.2) is 5.82 Å². The average molecular weight is 507 g/mol. The van der Waals surface area contributed by atoms with Gasteiger partial charge in [-0.15, -0.1) is 4.98 Å². The van der Waals surface area contributed by atoms with Crippen molar-refractivity contribution in [2.45, 2.75) is 0 Å². The number of benzene rings is 5. The third-order valence-corrected chi connectivity index (χ3v) is 6.44. The second-order valence-corrected chi connectivity index (χ2v) is 8.97. The second-order valence-electron chi connectivity index (χ2n) is 8.97. The lowest BCUT2D eigenvalue weighted by Gasteiger charge is -2.10. The van der Waals surface area contributed by atoms with Gasteiger partial charge in [-0.25, -0.2) is 0 Å². The van der Waals surface area contributed by atoms with Gasteiger partial charge in [0.1, 0.15) is 11.5 Å². The summed E-state index contributed by atoms with van der Waals surface area (Å²) >= 11 is 0. The van der Waals surface area contributed by atoms with Crippen molar-refractivity contribution >= 4 is 21.8 Å². The zero-order valence-corrected chi connectivity index (χ0v) is 20.8. The summed E-state index contributed by atoms with van der Waals surface area (Å²) in [5.74, 6) is 1.71. The van der Waals surface area contributed by atoms with Crippen LogP contribution in [0.3, 0.4) is 0 Å². The van der Waals surface area contributed by atoms with Crippen LogP contribution in [-0.2, 0) is 0 Å². The van der Waals surface area contributed by atoms with Crippen molar-refractivity contribution in [1.82, 2.24) is 19.5 Å². The summed E-state index contributed by atoms with van der Waals surface area (Å²) in [5, 5.41) is 2.25. The molecule has 0 aliphatic rings. The third kappa shape index (κ3) is 4.45. The van der Waals surface area contributed by atoms with Crippen molar-refractivity contribution < 1.29 is 9.47 Å². The van der Waals surface area contributed by atoms with Crippen LogP contribution in [0.15, 0.2) is 133 Å². The molecule has 6 nitrogen and oxygen atoms in total. The highest BCUT2D eigenvalue weighted by Crippen LogP contribution is 2.35. The number of aromatic nitrogens is 4. The first kappa shape index (κ1) is 22.7. The first-order chi connectivity index (χ1) is 19.3. The standard InChI is InChI=1S/C33H22N4O2/c1-4-12-24(13-5-1)37-29-19-11-10-18-27(29)28-22-23(20-21-30(28)37)31-34-32(38-25-14-6-2-7-15-25)36-33(35-31)39-26-16-8-3-9-17-26/h1-22H. The van der Waals surface area contributed by atoms with E-state index >= 15 is 0 Å². The molecule has 186 valence electrons. The van der Waals surface area contributed by atoms with E-state index in [-0.39, 0.29) is 12.0 Å². The average Bonchev–Trinajstić information content (AvgIpc) is 3.32. The van der Waals surface area contributed by atoms with Gasteiger partial charge in [-0.1, -0.05) is 72.8 Å². The van der Waals surface area contributed by atoms with E-state index in [1.54, 1.807) is 0 Å². The van der Waals surface area contributed by atoms with Crippen LogP contribution in [0.1, 0.15) is 0 Å². The highest BCUT2D eigenvalue weighted by Gasteiger charge is 2.16. The highest BCUT2D eigenvalue weighted by molar-refractivity contribution is 6.10. The Morgan fingerprint density at radius 2 is 1.00 bits per heavy atom. The van der Waals surface area contributed by atoms with Crippen LogP contribution in [-0.4, -0.2) is 19.5 Å². The Morgan fingerprint density at radius 3 is 1.64 bits per heavy atom. The van der Waals surface area contributed by atoms with Gasteiger partial charge in [0.05, 0.1) is 11.0 Å². The summed E-state index contributed by atoms with van der Waals surface area (Å²) in [6.07, 6.45) is 0. The Hall–Kier alpha value is -5.49. The minimum Gasteiger partial charge on any atom is -0.424 e. The number of hydrogen-bond acceptors (Lipinski definition) is 5. The normalized spacial score (nSPS) is 11.1. The third-order valence-electron chi connectivity index (χ3n) is 6.44. The summed E-state index contributed by atoms with van der Waals surface area (Å²) in [4.78, 5) is 13.8. The lowest BCUT2D eigenvalue weighted by molar-refractivity contribution is 0.398. The van der Waals surface area contributed by atoms with Gasteiger partial charge in [0.25, 0.3) is 0 Å². The predicted molar refractivity (Wildman–Crippen MR) is 153 cm³/mol. The molecule has 0 radical (unpaired) electrons. The number of nitrogens with zero attached hydrogens (tertiary/aromatic N) is 4. The maximum atomic E-state index is 5.99. The van der Waals surface area contributed by atoms with Crippen molar-refractivity contribution in [3.63, 3.8) is 0 Å². The van der Waals surface area contributed by atoms with E-state index in [1.165, 1.54) is 0 Å². The topological polar surface area (TPSA) is 62.1 Å². The van der Waals surface area contributed by atoms with E-state index in [0.29, 0.717) is 17.3 Å². The number of fused-ring (bicyclic) bond motifs is 3. The van der Waals surface area contributed by atoms with E-state index in [2.05, 4.69) is 80.2 Å². The summed E-state index contributed by atoms with van der Waals surface area (Å²) in [7, 11) is 0. The van der Waals surface area contributed by atoms with Crippen LogP contribution in [0.25, 0.3) is 38.9 Å². The molecule has 2 heterocycles. The van der Waals surface area contributed by atoms with Gasteiger partial charge in [-0.05, 0) is 60.7 Å². The first-order valence-electron chi connectivity index (χ1n) is 12.6. The van der Waals surface area contributed by atoms with E-state index in [9.17, 15) is 0 Å². The molecule has 0 aliphatic heterocycles. The molecule has 0 fully saturated rings. The molecule has 0 saturated heterocycles. The molecule has 7 rings (SSSR count). The van der Waals surface area contributed by atoms with Crippen molar-refractivity contribution in [2.75, 3.05) is 0 Å². The van der Waals surface area contributed by atoms with Crippen LogP contribution in [0.4, 0.5) is 0 Å². The molecule has 0 atom stereocenters. The number of ether oxygens (including phenoxy) is 2. The Balaban J connectivity index is 1.38. The van der Waals surface area contributed by atoms with Crippen LogP contribution in [0.5, 0.6) is 23.5 Å². The van der Waals surface area contributed by atoms with E-state index in [1.807, 2.05) is 72.8 Å². The van der Waals surface area contributed by atoms with Crippen LogP contribution in [0, 0.1) is 0 Å². The maximum Gasteiger partial charge on any atom is 0.328 e. The minimum absolute atomic E-state index is 0.156. The molecular weight excluding hydrogens is 484 g/mol. The smallest absolute Gasteiger partial charge is 0.328 e. The first-order valence-corrected chi connectivity index (χ1v) is 12.6. The SMILES string of the molecule is c1ccc(Oc2nc(Oc3ccccc3)nc(-c3ccc4c(c3)c3ccccc3n4-c3ccccc3)n2)cc1. The van der Waals surface area contributed by atoms with Gasteiger partial charge in [0.2, 0.25) is 0 Å². The lowest BCUT2D eigenvalue weighted by Crippen LogP contribution is -2.01. The Bertz CT molecular complexity index is 1840.